The number of aliphatic hydroxyl groups is 1. The summed E-state index contributed by atoms with van der Waals surface area (Å²) >= 11 is 0. The molecule has 0 aliphatic carbocycles. The standard InChI is InChI=1S/C9H10N2O/c1-7-5-10-6-9(11-7)4-3-8(2)12/h5-6,8,12H,1-2H3/t8-/m0/s1. The molecule has 0 saturated carbocycles. The molecule has 62 valence electrons. The maximum atomic E-state index is 8.86. The first-order valence-electron chi connectivity index (χ1n) is 3.67. The van der Waals surface area contributed by atoms with Crippen LogP contribution in [-0.2, 0) is 0 Å². The summed E-state index contributed by atoms with van der Waals surface area (Å²) in [5.74, 6) is 5.30. The highest BCUT2D eigenvalue weighted by Crippen LogP contribution is 1.91. The summed E-state index contributed by atoms with van der Waals surface area (Å²) in [6.07, 6.45) is 2.61. The molecular formula is C9H10N2O. The molecule has 1 atom stereocenters. The molecule has 12 heavy (non-hydrogen) atoms. The molecule has 0 fully saturated rings. The number of hydrogen-bond acceptors (Lipinski definition) is 3. The van der Waals surface area contributed by atoms with Gasteiger partial charge in [0, 0.05) is 6.20 Å². The van der Waals surface area contributed by atoms with Crippen LogP contribution in [0.25, 0.3) is 0 Å². The zero-order chi connectivity index (χ0) is 8.97. The molecule has 1 aromatic rings. The van der Waals surface area contributed by atoms with Crippen LogP contribution in [0.1, 0.15) is 18.3 Å². The van der Waals surface area contributed by atoms with Gasteiger partial charge < -0.3 is 5.11 Å². The lowest BCUT2D eigenvalue weighted by molar-refractivity contribution is 0.253. The molecule has 1 heterocycles. The Morgan fingerprint density at radius 2 is 2.25 bits per heavy atom. The minimum Gasteiger partial charge on any atom is -0.381 e. The van der Waals surface area contributed by atoms with Gasteiger partial charge >= 0.3 is 0 Å². The third-order valence-corrected chi connectivity index (χ3v) is 1.16. The highest BCUT2D eigenvalue weighted by Gasteiger charge is 1.90. The first-order chi connectivity index (χ1) is 5.68. The van der Waals surface area contributed by atoms with Crippen LogP contribution in [0.15, 0.2) is 12.4 Å². The number of nitrogens with zero attached hydrogens (tertiary/aromatic N) is 2. The molecule has 0 amide bonds. The summed E-state index contributed by atoms with van der Waals surface area (Å²) in [7, 11) is 0. The van der Waals surface area contributed by atoms with Gasteiger partial charge in [0.05, 0.1) is 11.9 Å². The first-order valence-corrected chi connectivity index (χ1v) is 3.67. The van der Waals surface area contributed by atoms with Crippen LogP contribution in [0, 0.1) is 18.8 Å². The molecule has 1 aromatic heterocycles. The zero-order valence-corrected chi connectivity index (χ0v) is 7.07. The van der Waals surface area contributed by atoms with Gasteiger partial charge in [-0.05, 0) is 19.8 Å². The van der Waals surface area contributed by atoms with E-state index in [1.54, 1.807) is 19.3 Å². The van der Waals surface area contributed by atoms with Crippen molar-refractivity contribution in [1.82, 2.24) is 9.97 Å². The van der Waals surface area contributed by atoms with E-state index in [4.69, 9.17) is 5.11 Å². The maximum Gasteiger partial charge on any atom is 0.131 e. The van der Waals surface area contributed by atoms with Crippen molar-refractivity contribution in [2.45, 2.75) is 20.0 Å². The molecule has 0 spiro atoms. The van der Waals surface area contributed by atoms with Gasteiger partial charge in [-0.2, -0.15) is 0 Å². The van der Waals surface area contributed by atoms with Crippen molar-refractivity contribution in [2.75, 3.05) is 0 Å². The van der Waals surface area contributed by atoms with Gasteiger partial charge in [0.25, 0.3) is 0 Å². The highest BCUT2D eigenvalue weighted by atomic mass is 16.3. The minimum absolute atomic E-state index is 0.593. The van der Waals surface area contributed by atoms with E-state index in [9.17, 15) is 0 Å². The molecule has 3 nitrogen and oxygen atoms in total. The number of aromatic nitrogens is 2. The number of rotatable bonds is 0. The van der Waals surface area contributed by atoms with Gasteiger partial charge in [-0.3, -0.25) is 4.98 Å². The van der Waals surface area contributed by atoms with Crippen LogP contribution < -0.4 is 0 Å². The van der Waals surface area contributed by atoms with Crippen LogP contribution in [-0.4, -0.2) is 21.2 Å². The molecule has 1 rings (SSSR count). The summed E-state index contributed by atoms with van der Waals surface area (Å²) in [4.78, 5) is 8.01. The van der Waals surface area contributed by atoms with E-state index in [-0.39, 0.29) is 0 Å². The molecule has 0 bridgehead atoms. The second kappa shape index (κ2) is 3.84. The van der Waals surface area contributed by atoms with Crippen molar-refractivity contribution in [3.63, 3.8) is 0 Å². The largest absolute Gasteiger partial charge is 0.381 e. The Balaban J connectivity index is 2.85. The first kappa shape index (κ1) is 8.69. The predicted molar refractivity (Wildman–Crippen MR) is 45.3 cm³/mol. The van der Waals surface area contributed by atoms with Crippen molar-refractivity contribution in [3.05, 3.63) is 23.8 Å². The summed E-state index contributed by atoms with van der Waals surface area (Å²) < 4.78 is 0. The lowest BCUT2D eigenvalue weighted by Crippen LogP contribution is -1.94. The summed E-state index contributed by atoms with van der Waals surface area (Å²) in [5.41, 5.74) is 1.42. The molecule has 0 aromatic carbocycles. The van der Waals surface area contributed by atoms with Crippen LogP contribution in [0.3, 0.4) is 0 Å². The van der Waals surface area contributed by atoms with E-state index < -0.39 is 6.10 Å². The fraction of sp³-hybridized carbons (Fsp3) is 0.333. The van der Waals surface area contributed by atoms with E-state index in [2.05, 4.69) is 21.8 Å². The maximum absolute atomic E-state index is 8.86. The summed E-state index contributed by atoms with van der Waals surface area (Å²) in [6.45, 7) is 3.46. The normalized spacial score (nSPS) is 11.6. The quantitative estimate of drug-likeness (QED) is 0.565. The molecule has 0 aliphatic heterocycles. The Labute approximate surface area is 71.5 Å². The van der Waals surface area contributed by atoms with Crippen molar-refractivity contribution in [3.8, 4) is 11.8 Å². The van der Waals surface area contributed by atoms with E-state index in [0.29, 0.717) is 5.69 Å². The summed E-state index contributed by atoms with van der Waals surface area (Å²) in [5, 5.41) is 8.86. The van der Waals surface area contributed by atoms with Crippen LogP contribution in [0.2, 0.25) is 0 Å². The fourth-order valence-corrected chi connectivity index (χ4v) is 0.702. The van der Waals surface area contributed by atoms with Gasteiger partial charge in [-0.25, -0.2) is 4.98 Å². The third kappa shape index (κ3) is 2.69. The van der Waals surface area contributed by atoms with Crippen LogP contribution >= 0.6 is 0 Å². The van der Waals surface area contributed by atoms with E-state index in [1.165, 1.54) is 0 Å². The SMILES string of the molecule is Cc1cncc(C#C[C@H](C)O)n1. The highest BCUT2D eigenvalue weighted by molar-refractivity contribution is 5.26. The van der Waals surface area contributed by atoms with Gasteiger partial charge in [-0.1, -0.05) is 5.92 Å². The Bertz CT molecular complexity index is 323. The minimum atomic E-state index is -0.618. The molecule has 0 saturated heterocycles. The number of aliphatic hydroxyl groups excluding tert-OH is 1. The fourth-order valence-electron chi connectivity index (χ4n) is 0.702. The van der Waals surface area contributed by atoms with E-state index in [0.717, 1.165) is 5.69 Å². The smallest absolute Gasteiger partial charge is 0.131 e. The summed E-state index contributed by atoms with van der Waals surface area (Å²) in [6, 6.07) is 0. The molecule has 3 heteroatoms. The second-order valence-corrected chi connectivity index (χ2v) is 2.49. The van der Waals surface area contributed by atoms with Gasteiger partial charge in [0.2, 0.25) is 0 Å². The molecule has 0 unspecified atom stereocenters. The monoisotopic (exact) mass is 162 g/mol. The lowest BCUT2D eigenvalue weighted by Gasteiger charge is -1.91. The van der Waals surface area contributed by atoms with E-state index >= 15 is 0 Å². The second-order valence-electron chi connectivity index (χ2n) is 2.49. The van der Waals surface area contributed by atoms with Crippen LogP contribution in [0.5, 0.6) is 0 Å². The molecule has 0 radical (unpaired) electrons. The predicted octanol–water partition coefficient (Wildman–Crippen LogP) is 0.517. The Morgan fingerprint density at radius 1 is 1.50 bits per heavy atom. The number of aryl methyl sites for hydroxylation is 1. The third-order valence-electron chi connectivity index (χ3n) is 1.16. The average molecular weight is 162 g/mol. The number of hydrogen-bond donors (Lipinski definition) is 1. The Hall–Kier alpha value is -1.40. The zero-order valence-electron chi connectivity index (χ0n) is 7.07. The Morgan fingerprint density at radius 3 is 2.83 bits per heavy atom. The molecular weight excluding hydrogens is 152 g/mol. The van der Waals surface area contributed by atoms with Gasteiger partial charge in [0.1, 0.15) is 11.8 Å². The van der Waals surface area contributed by atoms with Gasteiger partial charge in [-0.15, -0.1) is 0 Å². The van der Waals surface area contributed by atoms with Gasteiger partial charge in [0.15, 0.2) is 0 Å². The Kier molecular flexibility index (Phi) is 2.78. The molecule has 0 aliphatic rings. The average Bonchev–Trinajstić information content (AvgIpc) is 2.01. The molecule has 1 N–H and O–H groups in total. The topological polar surface area (TPSA) is 46.0 Å². The lowest BCUT2D eigenvalue weighted by atomic mass is 10.3. The van der Waals surface area contributed by atoms with E-state index in [1.807, 2.05) is 6.92 Å². The van der Waals surface area contributed by atoms with Crippen molar-refractivity contribution >= 4 is 0 Å². The van der Waals surface area contributed by atoms with Crippen molar-refractivity contribution < 1.29 is 5.11 Å². The van der Waals surface area contributed by atoms with Crippen molar-refractivity contribution in [2.24, 2.45) is 0 Å². The van der Waals surface area contributed by atoms with Crippen molar-refractivity contribution in [1.29, 1.82) is 0 Å². The van der Waals surface area contributed by atoms with Crippen LogP contribution in [0.4, 0.5) is 0 Å².